The molecule has 0 atom stereocenters. The van der Waals surface area contributed by atoms with E-state index in [9.17, 15) is 14.7 Å². The maximum Gasteiger partial charge on any atom is 0.261 e. The Morgan fingerprint density at radius 3 is 2.67 bits per heavy atom. The van der Waals surface area contributed by atoms with Gasteiger partial charge in [-0.25, -0.2) is 0 Å². The average molecular weight is 310 g/mol. The lowest BCUT2D eigenvalue weighted by Crippen LogP contribution is -2.52. The zero-order chi connectivity index (χ0) is 15.1. The first kappa shape index (κ1) is 16.0. The van der Waals surface area contributed by atoms with Gasteiger partial charge in [-0.1, -0.05) is 25.3 Å². The molecule has 2 rings (SSSR count). The van der Waals surface area contributed by atoms with Gasteiger partial charge in [0.15, 0.2) is 0 Å². The van der Waals surface area contributed by atoms with Crippen LogP contribution in [0.1, 0.15) is 48.2 Å². The molecule has 1 fully saturated rings. The van der Waals surface area contributed by atoms with Gasteiger partial charge in [-0.2, -0.15) is 0 Å². The molecule has 1 aromatic heterocycles. The molecule has 0 saturated heterocycles. The summed E-state index contributed by atoms with van der Waals surface area (Å²) >= 11 is 1.38. The third-order valence-corrected chi connectivity index (χ3v) is 4.77. The lowest BCUT2D eigenvalue weighted by molar-refractivity contribution is -0.124. The smallest absolute Gasteiger partial charge is 0.261 e. The van der Waals surface area contributed by atoms with Crippen LogP contribution in [-0.4, -0.2) is 35.6 Å². The lowest BCUT2D eigenvalue weighted by atomic mass is 9.82. The highest BCUT2D eigenvalue weighted by molar-refractivity contribution is 7.12. The Morgan fingerprint density at radius 1 is 1.29 bits per heavy atom. The molecule has 0 bridgehead atoms. The van der Waals surface area contributed by atoms with E-state index in [-0.39, 0.29) is 24.8 Å². The summed E-state index contributed by atoms with van der Waals surface area (Å²) in [5.74, 6) is -0.259. The molecule has 0 unspecified atom stereocenters. The van der Waals surface area contributed by atoms with E-state index in [1.807, 2.05) is 11.4 Å². The number of hydrogen-bond donors (Lipinski definition) is 3. The summed E-state index contributed by atoms with van der Waals surface area (Å²) < 4.78 is 0. The van der Waals surface area contributed by atoms with Crippen molar-refractivity contribution in [2.24, 2.45) is 0 Å². The summed E-state index contributed by atoms with van der Waals surface area (Å²) in [5, 5.41) is 17.1. The quantitative estimate of drug-likeness (QED) is 0.748. The zero-order valence-electron chi connectivity index (χ0n) is 12.1. The first-order chi connectivity index (χ1) is 10.2. The van der Waals surface area contributed by atoms with E-state index in [4.69, 9.17) is 0 Å². The van der Waals surface area contributed by atoms with Crippen molar-refractivity contribution in [3.8, 4) is 0 Å². The van der Waals surface area contributed by atoms with Gasteiger partial charge in [-0.3, -0.25) is 9.59 Å². The molecule has 1 aromatic rings. The molecule has 3 N–H and O–H groups in total. The van der Waals surface area contributed by atoms with Crippen molar-refractivity contribution < 1.29 is 14.7 Å². The van der Waals surface area contributed by atoms with Gasteiger partial charge < -0.3 is 15.7 Å². The first-order valence-corrected chi connectivity index (χ1v) is 8.27. The Morgan fingerprint density at radius 2 is 2.05 bits per heavy atom. The van der Waals surface area contributed by atoms with Crippen LogP contribution in [0.2, 0.25) is 0 Å². The van der Waals surface area contributed by atoms with Crippen molar-refractivity contribution in [3.63, 3.8) is 0 Å². The molecular formula is C15H22N2O3S. The summed E-state index contributed by atoms with van der Waals surface area (Å²) in [7, 11) is 0. The minimum Gasteiger partial charge on any atom is -0.394 e. The van der Waals surface area contributed by atoms with Gasteiger partial charge in [0.05, 0.1) is 17.0 Å². The maximum atomic E-state index is 12.0. The van der Waals surface area contributed by atoms with E-state index < -0.39 is 5.54 Å². The monoisotopic (exact) mass is 310 g/mol. The fourth-order valence-corrected chi connectivity index (χ4v) is 3.33. The summed E-state index contributed by atoms with van der Waals surface area (Å²) in [4.78, 5) is 24.3. The second kappa shape index (κ2) is 7.56. The van der Waals surface area contributed by atoms with Gasteiger partial charge in [0.1, 0.15) is 0 Å². The molecular weight excluding hydrogens is 288 g/mol. The number of thiophene rings is 1. The molecule has 0 radical (unpaired) electrons. The van der Waals surface area contributed by atoms with Crippen LogP contribution in [0.3, 0.4) is 0 Å². The van der Waals surface area contributed by atoms with E-state index in [1.54, 1.807) is 6.07 Å². The van der Waals surface area contributed by atoms with Crippen LogP contribution in [0.15, 0.2) is 17.5 Å². The Labute approximate surface area is 128 Å². The molecule has 5 nitrogen and oxygen atoms in total. The molecule has 0 spiro atoms. The summed E-state index contributed by atoms with van der Waals surface area (Å²) in [6.45, 7) is 0.296. The fraction of sp³-hybridized carbons (Fsp3) is 0.600. The third-order valence-electron chi connectivity index (χ3n) is 3.90. The number of aliphatic hydroxyl groups is 1. The molecule has 0 aromatic carbocycles. The number of rotatable bonds is 6. The molecule has 1 saturated carbocycles. The maximum absolute atomic E-state index is 12.0. The highest BCUT2D eigenvalue weighted by atomic mass is 32.1. The summed E-state index contributed by atoms with van der Waals surface area (Å²) in [6.07, 6.45) is 5.13. The van der Waals surface area contributed by atoms with E-state index in [2.05, 4.69) is 10.6 Å². The van der Waals surface area contributed by atoms with Crippen molar-refractivity contribution in [2.45, 2.75) is 44.1 Å². The number of hydrogen-bond acceptors (Lipinski definition) is 4. The van der Waals surface area contributed by atoms with Crippen molar-refractivity contribution in [1.82, 2.24) is 10.6 Å². The Bertz CT molecular complexity index is 467. The molecule has 21 heavy (non-hydrogen) atoms. The summed E-state index contributed by atoms with van der Waals surface area (Å²) in [6, 6.07) is 3.57. The second-order valence-electron chi connectivity index (χ2n) is 5.53. The zero-order valence-corrected chi connectivity index (χ0v) is 12.9. The highest BCUT2D eigenvalue weighted by Gasteiger charge is 2.32. The van der Waals surface area contributed by atoms with Crippen LogP contribution in [0.25, 0.3) is 0 Å². The van der Waals surface area contributed by atoms with Crippen LogP contribution < -0.4 is 10.6 Å². The number of carbonyl (C=O) groups excluding carboxylic acids is 2. The van der Waals surface area contributed by atoms with Gasteiger partial charge in [-0.15, -0.1) is 11.3 Å². The van der Waals surface area contributed by atoms with Crippen molar-refractivity contribution in [2.75, 3.05) is 13.2 Å². The van der Waals surface area contributed by atoms with Crippen molar-refractivity contribution in [1.29, 1.82) is 0 Å². The Kier molecular flexibility index (Phi) is 5.76. The fourth-order valence-electron chi connectivity index (χ4n) is 2.69. The van der Waals surface area contributed by atoms with Crippen molar-refractivity contribution in [3.05, 3.63) is 22.4 Å². The highest BCUT2D eigenvalue weighted by Crippen LogP contribution is 2.27. The number of aliphatic hydroxyl groups excluding tert-OH is 1. The van der Waals surface area contributed by atoms with Crippen LogP contribution in [0.4, 0.5) is 0 Å². The molecule has 6 heteroatoms. The van der Waals surface area contributed by atoms with Gasteiger partial charge in [0.25, 0.3) is 5.91 Å². The SMILES string of the molecule is O=C(CCNC(=O)c1cccs1)NC1(CO)CCCCC1. The van der Waals surface area contributed by atoms with Gasteiger partial charge in [0, 0.05) is 13.0 Å². The predicted molar refractivity (Wildman–Crippen MR) is 82.3 cm³/mol. The van der Waals surface area contributed by atoms with Crippen LogP contribution in [0, 0.1) is 0 Å². The predicted octanol–water partition coefficient (Wildman–Crippen LogP) is 1.68. The van der Waals surface area contributed by atoms with Gasteiger partial charge >= 0.3 is 0 Å². The average Bonchev–Trinajstić information content (AvgIpc) is 3.02. The third kappa shape index (κ3) is 4.54. The Hall–Kier alpha value is -1.40. The minimum atomic E-state index is -0.451. The van der Waals surface area contributed by atoms with E-state index >= 15 is 0 Å². The van der Waals surface area contributed by atoms with Gasteiger partial charge in [-0.05, 0) is 24.3 Å². The second-order valence-corrected chi connectivity index (χ2v) is 6.48. The number of nitrogens with one attached hydrogen (secondary N) is 2. The number of carbonyl (C=O) groups is 2. The van der Waals surface area contributed by atoms with Crippen molar-refractivity contribution >= 4 is 23.2 Å². The standard InChI is InChI=1S/C15H22N2O3S/c18-11-15(7-2-1-3-8-15)17-13(19)6-9-16-14(20)12-5-4-10-21-12/h4-5,10,18H,1-3,6-9,11H2,(H,16,20)(H,17,19). The van der Waals surface area contributed by atoms with E-state index in [0.717, 1.165) is 32.1 Å². The van der Waals surface area contributed by atoms with Crippen LogP contribution >= 0.6 is 11.3 Å². The normalized spacial score (nSPS) is 17.2. The van der Waals surface area contributed by atoms with E-state index in [1.165, 1.54) is 11.3 Å². The molecule has 0 aliphatic heterocycles. The summed E-state index contributed by atoms with van der Waals surface area (Å²) in [5.41, 5.74) is -0.451. The largest absolute Gasteiger partial charge is 0.394 e. The molecule has 1 heterocycles. The molecule has 1 aliphatic carbocycles. The lowest BCUT2D eigenvalue weighted by Gasteiger charge is -2.36. The first-order valence-electron chi connectivity index (χ1n) is 7.39. The Balaban J connectivity index is 1.73. The molecule has 2 amide bonds. The van der Waals surface area contributed by atoms with Crippen LogP contribution in [-0.2, 0) is 4.79 Å². The molecule has 1 aliphatic rings. The molecule has 116 valence electrons. The van der Waals surface area contributed by atoms with Gasteiger partial charge in [0.2, 0.25) is 5.91 Å². The number of amides is 2. The van der Waals surface area contributed by atoms with E-state index in [0.29, 0.717) is 11.4 Å². The minimum absolute atomic E-state index is 0.0136. The van der Waals surface area contributed by atoms with Crippen LogP contribution in [0.5, 0.6) is 0 Å². The topological polar surface area (TPSA) is 78.4 Å².